The average Bonchev–Trinajstić information content (AvgIpc) is 3.10. The number of pyridine rings is 1. The van der Waals surface area contributed by atoms with Gasteiger partial charge in [0, 0.05) is 6.54 Å². The van der Waals surface area contributed by atoms with Crippen LogP contribution in [0.3, 0.4) is 0 Å². The largest absolute Gasteiger partial charge is 0.417 e. The Labute approximate surface area is 174 Å². The third kappa shape index (κ3) is 3.78. The molecule has 2 aromatic heterocycles. The van der Waals surface area contributed by atoms with Crippen molar-refractivity contribution in [3.63, 3.8) is 0 Å². The van der Waals surface area contributed by atoms with Crippen molar-refractivity contribution < 1.29 is 21.6 Å². The number of hydrogen-bond donors (Lipinski definition) is 2. The van der Waals surface area contributed by atoms with Crippen LogP contribution in [0.15, 0.2) is 59.5 Å². The molecule has 2 aromatic carbocycles. The highest BCUT2D eigenvalue weighted by Gasteiger charge is 2.36. The molecule has 7 nitrogen and oxygen atoms in total. The number of sulfonamides is 1. The molecule has 3 N–H and O–H groups in total. The number of fused-ring (bicyclic) bond motifs is 3. The van der Waals surface area contributed by atoms with E-state index in [-0.39, 0.29) is 22.9 Å². The van der Waals surface area contributed by atoms with Crippen LogP contribution in [0.4, 0.5) is 19.0 Å². The maximum Gasteiger partial charge on any atom is 0.417 e. The first-order chi connectivity index (χ1) is 14.6. The molecule has 0 aliphatic carbocycles. The van der Waals surface area contributed by atoms with E-state index in [1.807, 2.05) is 0 Å². The Morgan fingerprint density at radius 1 is 1.13 bits per heavy atom. The van der Waals surface area contributed by atoms with E-state index in [4.69, 9.17) is 5.14 Å². The fourth-order valence-electron chi connectivity index (χ4n) is 3.28. The number of nitrogens with one attached hydrogen (secondary N) is 1. The molecule has 4 aromatic rings. The van der Waals surface area contributed by atoms with Gasteiger partial charge in [0.1, 0.15) is 17.5 Å². The second-order valence-electron chi connectivity index (χ2n) is 6.73. The highest BCUT2D eigenvalue weighted by atomic mass is 32.2. The van der Waals surface area contributed by atoms with Crippen molar-refractivity contribution in [3.05, 3.63) is 71.3 Å². The molecule has 0 saturated carbocycles. The van der Waals surface area contributed by atoms with Crippen molar-refractivity contribution in [2.24, 2.45) is 5.14 Å². The minimum Gasteiger partial charge on any atom is -0.367 e. The zero-order valence-corrected chi connectivity index (χ0v) is 16.5. The second kappa shape index (κ2) is 7.26. The number of benzene rings is 2. The smallest absolute Gasteiger partial charge is 0.367 e. The Hall–Kier alpha value is -3.62. The molecule has 0 fully saturated rings. The summed E-state index contributed by atoms with van der Waals surface area (Å²) in [6.07, 6.45) is -4.75. The fraction of sp³-hybridized carbons (Fsp3) is 0.100. The Bertz CT molecular complexity index is 1450. The van der Waals surface area contributed by atoms with E-state index in [2.05, 4.69) is 10.3 Å². The highest BCUT2D eigenvalue weighted by molar-refractivity contribution is 7.89. The molecule has 0 amide bonds. The van der Waals surface area contributed by atoms with Crippen LogP contribution in [0.25, 0.3) is 16.7 Å². The molecule has 0 spiro atoms. The van der Waals surface area contributed by atoms with Gasteiger partial charge in [0.15, 0.2) is 5.65 Å². The van der Waals surface area contributed by atoms with Crippen LogP contribution < -0.4 is 10.5 Å². The first-order valence-corrected chi connectivity index (χ1v) is 10.4. The van der Waals surface area contributed by atoms with Gasteiger partial charge in [0.05, 0.1) is 21.5 Å². The van der Waals surface area contributed by atoms with Crippen molar-refractivity contribution >= 4 is 32.5 Å². The van der Waals surface area contributed by atoms with Crippen molar-refractivity contribution in [1.29, 1.82) is 5.26 Å². The van der Waals surface area contributed by atoms with Gasteiger partial charge in [-0.3, -0.25) is 4.40 Å². The summed E-state index contributed by atoms with van der Waals surface area (Å²) >= 11 is 0. The normalized spacial score (nSPS) is 12.2. The van der Waals surface area contributed by atoms with Crippen LogP contribution >= 0.6 is 0 Å². The Morgan fingerprint density at radius 2 is 1.81 bits per heavy atom. The molecule has 0 unspecified atom stereocenters. The zero-order chi connectivity index (χ0) is 22.4. The molecule has 11 heteroatoms. The predicted molar refractivity (Wildman–Crippen MR) is 108 cm³/mol. The molecule has 2 heterocycles. The summed E-state index contributed by atoms with van der Waals surface area (Å²) in [6.45, 7) is 0.0930. The maximum absolute atomic E-state index is 13.6. The first-order valence-electron chi connectivity index (χ1n) is 8.86. The fourth-order valence-corrected chi connectivity index (χ4v) is 3.80. The molecular formula is C20H14F3N5O2S. The molecule has 158 valence electrons. The van der Waals surface area contributed by atoms with Crippen LogP contribution in [0.1, 0.15) is 16.7 Å². The quantitative estimate of drug-likeness (QED) is 0.498. The van der Waals surface area contributed by atoms with E-state index in [0.717, 1.165) is 6.07 Å². The molecule has 0 aliphatic rings. The van der Waals surface area contributed by atoms with E-state index in [1.54, 1.807) is 30.3 Å². The highest BCUT2D eigenvalue weighted by Crippen LogP contribution is 2.37. The van der Waals surface area contributed by atoms with Gasteiger partial charge in [0.25, 0.3) is 0 Å². The van der Waals surface area contributed by atoms with Crippen LogP contribution in [0.2, 0.25) is 0 Å². The standard InChI is InChI=1S/C20H14F3N5O2S/c21-20(22,23)15-9-18(26-11-12-5-7-13(8-6-12)31(25,29)30)28-17-4-2-1-3-16(17)27-19(28)14(15)10-24/h1-9,26H,11H2,(H2,25,29,30). The maximum atomic E-state index is 13.6. The molecule has 4 rings (SSSR count). The minimum atomic E-state index is -4.75. The van der Waals surface area contributed by atoms with Crippen molar-refractivity contribution in [3.8, 4) is 6.07 Å². The van der Waals surface area contributed by atoms with Gasteiger partial charge in [0.2, 0.25) is 10.0 Å². The summed E-state index contributed by atoms with van der Waals surface area (Å²) in [5, 5.41) is 17.4. The summed E-state index contributed by atoms with van der Waals surface area (Å²) < 4.78 is 65.1. The predicted octanol–water partition coefficient (Wildman–Crippen LogP) is 3.64. The van der Waals surface area contributed by atoms with E-state index >= 15 is 0 Å². The number of nitrogens with zero attached hydrogens (tertiary/aromatic N) is 3. The van der Waals surface area contributed by atoms with Gasteiger partial charge < -0.3 is 5.32 Å². The van der Waals surface area contributed by atoms with Crippen LogP contribution in [0, 0.1) is 11.3 Å². The number of aromatic nitrogens is 2. The molecule has 31 heavy (non-hydrogen) atoms. The van der Waals surface area contributed by atoms with Gasteiger partial charge in [-0.25, -0.2) is 18.5 Å². The van der Waals surface area contributed by atoms with Crippen LogP contribution in [-0.4, -0.2) is 17.8 Å². The van der Waals surface area contributed by atoms with Crippen molar-refractivity contribution in [2.75, 3.05) is 5.32 Å². The Kier molecular flexibility index (Phi) is 4.83. The summed E-state index contributed by atoms with van der Waals surface area (Å²) in [6, 6.07) is 14.9. The Morgan fingerprint density at radius 3 is 2.42 bits per heavy atom. The third-order valence-corrected chi connectivity index (χ3v) is 5.65. The number of imidazole rings is 1. The van der Waals surface area contributed by atoms with E-state index in [9.17, 15) is 26.9 Å². The number of primary sulfonamides is 1. The molecule has 0 saturated heterocycles. The molecular weight excluding hydrogens is 431 g/mol. The lowest BCUT2D eigenvalue weighted by atomic mass is 10.1. The first kappa shape index (κ1) is 20.6. The molecule has 0 atom stereocenters. The van der Waals surface area contributed by atoms with Crippen LogP contribution in [-0.2, 0) is 22.7 Å². The number of rotatable bonds is 4. The van der Waals surface area contributed by atoms with Crippen molar-refractivity contribution in [1.82, 2.24) is 9.38 Å². The number of para-hydroxylation sites is 2. The molecule has 0 aliphatic heterocycles. The van der Waals surface area contributed by atoms with E-state index in [0.29, 0.717) is 16.6 Å². The monoisotopic (exact) mass is 445 g/mol. The Balaban J connectivity index is 1.84. The van der Waals surface area contributed by atoms with Gasteiger partial charge in [-0.05, 0) is 35.9 Å². The summed E-state index contributed by atoms with van der Waals surface area (Å²) in [5.41, 5.74) is -0.168. The molecule has 0 bridgehead atoms. The number of hydrogen-bond acceptors (Lipinski definition) is 5. The third-order valence-electron chi connectivity index (χ3n) is 4.72. The van der Waals surface area contributed by atoms with Crippen molar-refractivity contribution in [2.45, 2.75) is 17.6 Å². The molecule has 0 radical (unpaired) electrons. The summed E-state index contributed by atoms with van der Waals surface area (Å²) in [5.74, 6) is 0.0885. The summed E-state index contributed by atoms with van der Waals surface area (Å²) in [7, 11) is -3.85. The van der Waals surface area contributed by atoms with E-state index < -0.39 is 27.3 Å². The SMILES string of the molecule is N#Cc1c(C(F)(F)F)cc(NCc2ccc(S(N)(=O)=O)cc2)n2c1nc1ccccc12. The lowest BCUT2D eigenvalue weighted by Gasteiger charge is -2.15. The minimum absolute atomic E-state index is 0.0722. The number of alkyl halides is 3. The van der Waals surface area contributed by atoms with E-state index in [1.165, 1.54) is 28.7 Å². The number of nitrogens with two attached hydrogens (primary N) is 1. The van der Waals surface area contributed by atoms with Gasteiger partial charge in [-0.1, -0.05) is 24.3 Å². The lowest BCUT2D eigenvalue weighted by Crippen LogP contribution is -2.13. The topological polar surface area (TPSA) is 113 Å². The summed E-state index contributed by atoms with van der Waals surface area (Å²) in [4.78, 5) is 4.16. The number of anilines is 1. The van der Waals surface area contributed by atoms with Crippen LogP contribution in [0.5, 0.6) is 0 Å². The van der Waals surface area contributed by atoms with Gasteiger partial charge in [-0.2, -0.15) is 18.4 Å². The zero-order valence-electron chi connectivity index (χ0n) is 15.7. The van der Waals surface area contributed by atoms with Gasteiger partial charge in [-0.15, -0.1) is 0 Å². The van der Waals surface area contributed by atoms with Gasteiger partial charge >= 0.3 is 6.18 Å². The number of halogens is 3. The number of nitriles is 1. The average molecular weight is 445 g/mol. The lowest BCUT2D eigenvalue weighted by molar-refractivity contribution is -0.137. The second-order valence-corrected chi connectivity index (χ2v) is 8.29.